The highest BCUT2D eigenvalue weighted by atomic mass is 35.5. The van der Waals surface area contributed by atoms with E-state index in [1.165, 1.54) is 17.0 Å². The third kappa shape index (κ3) is 6.97. The molecule has 0 saturated carbocycles. The molecule has 0 fully saturated rings. The average Bonchev–Trinajstić information content (AvgIpc) is 2.70. The van der Waals surface area contributed by atoms with Crippen LogP contribution in [-0.4, -0.2) is 50.5 Å². The molecular weight excluding hydrogens is 438 g/mol. The summed E-state index contributed by atoms with van der Waals surface area (Å²) in [4.78, 5) is 27.2. The third-order valence-corrected chi connectivity index (χ3v) is 6.14. The maximum absolute atomic E-state index is 13.3. The fourth-order valence-corrected chi connectivity index (χ4v) is 4.11. The van der Waals surface area contributed by atoms with Crippen LogP contribution in [0.25, 0.3) is 0 Å². The molecule has 9 heteroatoms. The molecular formula is C22H28ClN3O4S. The van der Waals surface area contributed by atoms with Gasteiger partial charge in [-0.2, -0.15) is 0 Å². The second-order valence-corrected chi connectivity index (χ2v) is 9.67. The van der Waals surface area contributed by atoms with E-state index < -0.39 is 28.5 Å². The maximum atomic E-state index is 13.3. The Balaban J connectivity index is 2.37. The van der Waals surface area contributed by atoms with Crippen molar-refractivity contribution in [2.24, 2.45) is 0 Å². The lowest BCUT2D eigenvalue weighted by atomic mass is 10.1. The van der Waals surface area contributed by atoms with Gasteiger partial charge in [0.1, 0.15) is 12.6 Å². The minimum absolute atomic E-state index is 0.178. The fraction of sp³-hybridized carbons (Fsp3) is 0.364. The van der Waals surface area contributed by atoms with Gasteiger partial charge in [0, 0.05) is 18.1 Å². The van der Waals surface area contributed by atoms with Crippen molar-refractivity contribution in [1.82, 2.24) is 10.2 Å². The van der Waals surface area contributed by atoms with Crippen LogP contribution in [0.4, 0.5) is 5.69 Å². The Morgan fingerprint density at radius 2 is 1.77 bits per heavy atom. The number of sulfonamides is 1. The van der Waals surface area contributed by atoms with Crippen molar-refractivity contribution < 1.29 is 18.0 Å². The van der Waals surface area contributed by atoms with Crippen molar-refractivity contribution in [2.75, 3.05) is 23.7 Å². The molecule has 0 aliphatic heterocycles. The topological polar surface area (TPSA) is 86.8 Å². The number of rotatable bonds is 9. The van der Waals surface area contributed by atoms with E-state index in [0.717, 1.165) is 21.7 Å². The van der Waals surface area contributed by atoms with Crippen LogP contribution >= 0.6 is 11.6 Å². The molecule has 0 aliphatic rings. The highest BCUT2D eigenvalue weighted by molar-refractivity contribution is 7.92. The Morgan fingerprint density at radius 1 is 1.13 bits per heavy atom. The highest BCUT2D eigenvalue weighted by Crippen LogP contribution is 2.21. The van der Waals surface area contributed by atoms with Crippen molar-refractivity contribution in [1.29, 1.82) is 0 Å². The van der Waals surface area contributed by atoms with Crippen molar-refractivity contribution >= 4 is 39.1 Å². The number of hydrogen-bond acceptors (Lipinski definition) is 4. The summed E-state index contributed by atoms with van der Waals surface area (Å²) in [5.41, 5.74) is 2.19. The van der Waals surface area contributed by atoms with Crippen LogP contribution in [0.2, 0.25) is 5.02 Å². The molecule has 7 nitrogen and oxygen atoms in total. The molecule has 0 bridgehead atoms. The minimum Gasteiger partial charge on any atom is -0.355 e. The summed E-state index contributed by atoms with van der Waals surface area (Å²) >= 11 is 5.91. The maximum Gasteiger partial charge on any atom is 0.244 e. The number of anilines is 1. The summed E-state index contributed by atoms with van der Waals surface area (Å²) in [6, 6.07) is 13.0. The van der Waals surface area contributed by atoms with Crippen LogP contribution in [0.5, 0.6) is 0 Å². The normalized spacial score (nSPS) is 12.2. The summed E-state index contributed by atoms with van der Waals surface area (Å²) in [5, 5.41) is 3.17. The van der Waals surface area contributed by atoms with Gasteiger partial charge in [-0.1, -0.05) is 41.4 Å². The van der Waals surface area contributed by atoms with Crippen LogP contribution < -0.4 is 9.62 Å². The molecule has 0 spiro atoms. The molecule has 1 atom stereocenters. The summed E-state index contributed by atoms with van der Waals surface area (Å²) in [6.07, 6.45) is 1.03. The van der Waals surface area contributed by atoms with Crippen molar-refractivity contribution in [3.8, 4) is 0 Å². The number of carbonyl (C=O) groups is 2. The molecule has 0 radical (unpaired) electrons. The Morgan fingerprint density at radius 3 is 2.32 bits per heavy atom. The van der Waals surface area contributed by atoms with Crippen LogP contribution in [0.15, 0.2) is 48.5 Å². The van der Waals surface area contributed by atoms with Crippen LogP contribution in [0.3, 0.4) is 0 Å². The van der Waals surface area contributed by atoms with E-state index in [0.29, 0.717) is 17.3 Å². The van der Waals surface area contributed by atoms with Crippen LogP contribution in [0, 0.1) is 6.92 Å². The predicted octanol–water partition coefficient (Wildman–Crippen LogP) is 2.97. The van der Waals surface area contributed by atoms with Crippen molar-refractivity contribution in [3.05, 3.63) is 64.7 Å². The second-order valence-electron chi connectivity index (χ2n) is 7.33. The first-order chi connectivity index (χ1) is 14.5. The highest BCUT2D eigenvalue weighted by Gasteiger charge is 2.29. The van der Waals surface area contributed by atoms with Crippen LogP contribution in [-0.2, 0) is 26.2 Å². The zero-order chi connectivity index (χ0) is 23.2. The first-order valence-corrected chi connectivity index (χ1v) is 12.1. The summed E-state index contributed by atoms with van der Waals surface area (Å²) in [7, 11) is -3.75. The monoisotopic (exact) mass is 465 g/mol. The fourth-order valence-electron chi connectivity index (χ4n) is 3.13. The van der Waals surface area contributed by atoms with Gasteiger partial charge in [-0.15, -0.1) is 0 Å². The van der Waals surface area contributed by atoms with E-state index in [2.05, 4.69) is 5.32 Å². The van der Waals surface area contributed by atoms with Crippen LogP contribution in [0.1, 0.15) is 25.0 Å². The SMILES string of the molecule is CCNC(=O)C(C)N(Cc1cccc(C)c1)C(=O)CN(c1ccc(Cl)cc1)S(C)(=O)=O. The van der Waals surface area contributed by atoms with Gasteiger partial charge in [0.25, 0.3) is 0 Å². The number of carbonyl (C=O) groups excluding carboxylic acids is 2. The standard InChI is InChI=1S/C22H28ClN3O4S/c1-5-24-22(28)17(3)25(14-18-8-6-7-16(2)13-18)21(27)15-26(31(4,29)30)20-11-9-19(23)10-12-20/h6-13,17H,5,14-15H2,1-4H3,(H,24,28). The minimum atomic E-state index is -3.75. The number of amides is 2. The van der Waals surface area contributed by atoms with E-state index in [9.17, 15) is 18.0 Å². The zero-order valence-corrected chi connectivity index (χ0v) is 19.7. The Hall–Kier alpha value is -2.58. The van der Waals surface area contributed by atoms with E-state index in [4.69, 9.17) is 11.6 Å². The van der Waals surface area contributed by atoms with E-state index in [-0.39, 0.29) is 12.5 Å². The van der Waals surface area contributed by atoms with Gasteiger partial charge >= 0.3 is 0 Å². The van der Waals surface area contributed by atoms with Gasteiger partial charge < -0.3 is 10.2 Å². The molecule has 1 N–H and O–H groups in total. The van der Waals surface area contributed by atoms with Gasteiger partial charge in [0.05, 0.1) is 11.9 Å². The Kier molecular flexibility index (Phi) is 8.47. The molecule has 0 saturated heterocycles. The molecule has 2 aromatic carbocycles. The van der Waals surface area contributed by atoms with Gasteiger partial charge in [0.15, 0.2) is 0 Å². The van der Waals surface area contributed by atoms with Gasteiger partial charge in [-0.25, -0.2) is 8.42 Å². The number of benzene rings is 2. The largest absolute Gasteiger partial charge is 0.355 e. The van der Waals surface area contributed by atoms with E-state index in [1.54, 1.807) is 26.0 Å². The molecule has 31 heavy (non-hydrogen) atoms. The van der Waals surface area contributed by atoms with E-state index >= 15 is 0 Å². The molecule has 1 unspecified atom stereocenters. The van der Waals surface area contributed by atoms with E-state index in [1.807, 2.05) is 31.2 Å². The Labute approximate surface area is 189 Å². The number of nitrogens with one attached hydrogen (secondary N) is 1. The summed E-state index contributed by atoms with van der Waals surface area (Å²) < 4.78 is 25.9. The van der Waals surface area contributed by atoms with Gasteiger partial charge in [0.2, 0.25) is 21.8 Å². The third-order valence-electron chi connectivity index (χ3n) is 4.75. The quantitative estimate of drug-likeness (QED) is 0.616. The first kappa shape index (κ1) is 24.7. The molecule has 168 valence electrons. The molecule has 2 rings (SSSR count). The molecule has 0 aromatic heterocycles. The van der Waals surface area contributed by atoms with Crippen molar-refractivity contribution in [2.45, 2.75) is 33.4 Å². The lowest BCUT2D eigenvalue weighted by molar-refractivity contribution is -0.139. The number of aryl methyl sites for hydroxylation is 1. The molecule has 0 aliphatic carbocycles. The molecule has 2 amide bonds. The first-order valence-electron chi connectivity index (χ1n) is 9.89. The zero-order valence-electron chi connectivity index (χ0n) is 18.1. The van der Waals surface area contributed by atoms with Crippen molar-refractivity contribution in [3.63, 3.8) is 0 Å². The lowest BCUT2D eigenvalue weighted by Gasteiger charge is -2.31. The second kappa shape index (κ2) is 10.6. The number of nitrogens with zero attached hydrogens (tertiary/aromatic N) is 2. The predicted molar refractivity (Wildman–Crippen MR) is 124 cm³/mol. The smallest absolute Gasteiger partial charge is 0.244 e. The number of halogens is 1. The van der Waals surface area contributed by atoms with Gasteiger partial charge in [-0.05, 0) is 50.6 Å². The number of likely N-dealkylation sites (N-methyl/N-ethyl adjacent to an activating group) is 1. The number of hydrogen-bond donors (Lipinski definition) is 1. The van der Waals surface area contributed by atoms with Gasteiger partial charge in [-0.3, -0.25) is 13.9 Å². The molecule has 0 heterocycles. The lowest BCUT2D eigenvalue weighted by Crippen LogP contribution is -2.51. The Bertz CT molecular complexity index is 1030. The summed E-state index contributed by atoms with van der Waals surface area (Å²) in [5.74, 6) is -0.790. The average molecular weight is 466 g/mol. The summed E-state index contributed by atoms with van der Waals surface area (Å²) in [6.45, 7) is 5.53. The molecule has 2 aromatic rings.